The lowest BCUT2D eigenvalue weighted by Gasteiger charge is -2.23. The molecule has 2 N–H and O–H groups in total. The van der Waals surface area contributed by atoms with Crippen LogP contribution in [0.25, 0.3) is 0 Å². The van der Waals surface area contributed by atoms with Gasteiger partial charge in [0.15, 0.2) is 5.69 Å². The van der Waals surface area contributed by atoms with Crippen molar-refractivity contribution in [2.45, 2.75) is 47.1 Å². The first-order valence-electron chi connectivity index (χ1n) is 11.5. The third kappa shape index (κ3) is 8.86. The number of anilines is 1. The minimum Gasteiger partial charge on any atom is -0.446 e. The molecule has 0 atom stereocenters. The zero-order valence-electron chi connectivity index (χ0n) is 20.1. The summed E-state index contributed by atoms with van der Waals surface area (Å²) < 4.78 is 16.2. The molecule has 1 aromatic carbocycles. The Hall–Kier alpha value is -2.91. The molecule has 0 radical (unpaired) electrons. The van der Waals surface area contributed by atoms with Crippen molar-refractivity contribution in [2.24, 2.45) is 0 Å². The lowest BCUT2D eigenvalue weighted by molar-refractivity contribution is 0.0939. The second-order valence-electron chi connectivity index (χ2n) is 7.60. The first-order chi connectivity index (χ1) is 16.0. The number of carbonyl (C=O) groups excluding carboxylic acids is 2. The molecule has 2 rings (SSSR count). The number of nitrogens with zero attached hydrogens (tertiary/aromatic N) is 2. The summed E-state index contributed by atoms with van der Waals surface area (Å²) in [5.74, 6) is -0.0214. The Bertz CT molecular complexity index is 863. The van der Waals surface area contributed by atoms with Crippen LogP contribution in [-0.4, -0.2) is 61.3 Å². The molecule has 9 heteroatoms. The average Bonchev–Trinajstić information content (AvgIpc) is 3.27. The van der Waals surface area contributed by atoms with E-state index in [1.54, 1.807) is 4.90 Å². The van der Waals surface area contributed by atoms with Crippen LogP contribution in [0.5, 0.6) is 0 Å². The molecule has 0 aliphatic heterocycles. The first kappa shape index (κ1) is 26.3. The largest absolute Gasteiger partial charge is 0.446 e. The molecule has 0 spiro atoms. The molecule has 1 heterocycles. The zero-order chi connectivity index (χ0) is 24.1. The maximum absolute atomic E-state index is 13.1. The Morgan fingerprint density at radius 1 is 1.06 bits per heavy atom. The number of urea groups is 1. The molecule has 0 saturated carbocycles. The number of hydrogen-bond donors (Lipinski definition) is 2. The molecule has 0 fully saturated rings. The Morgan fingerprint density at radius 2 is 1.73 bits per heavy atom. The van der Waals surface area contributed by atoms with Gasteiger partial charge >= 0.3 is 6.03 Å². The van der Waals surface area contributed by atoms with Crippen LogP contribution in [0.3, 0.4) is 0 Å². The molecule has 2 aromatic rings. The Balaban J connectivity index is 2.01. The second-order valence-corrected chi connectivity index (χ2v) is 7.60. The number of hydrogen-bond acceptors (Lipinski definition) is 6. The highest BCUT2D eigenvalue weighted by molar-refractivity contribution is 5.92. The van der Waals surface area contributed by atoms with Gasteiger partial charge < -0.3 is 29.4 Å². The van der Waals surface area contributed by atoms with Crippen LogP contribution in [0, 0.1) is 13.8 Å². The van der Waals surface area contributed by atoms with E-state index in [2.05, 4.69) is 15.6 Å². The van der Waals surface area contributed by atoms with E-state index >= 15 is 0 Å². The number of rotatable bonds is 14. The number of benzene rings is 1. The minimum atomic E-state index is -0.315. The molecule has 0 aliphatic carbocycles. The Labute approximate surface area is 195 Å². The van der Waals surface area contributed by atoms with E-state index in [1.807, 2.05) is 45.9 Å². The van der Waals surface area contributed by atoms with Gasteiger partial charge in [0.1, 0.15) is 6.26 Å². The molecule has 9 nitrogen and oxygen atoms in total. The number of para-hydroxylation sites is 1. The summed E-state index contributed by atoms with van der Waals surface area (Å²) in [6.45, 7) is 11.3. The summed E-state index contributed by atoms with van der Waals surface area (Å²) in [4.78, 5) is 31.2. The van der Waals surface area contributed by atoms with Crippen molar-refractivity contribution in [3.8, 4) is 0 Å². The molecule has 33 heavy (non-hydrogen) atoms. The predicted molar refractivity (Wildman–Crippen MR) is 126 cm³/mol. The van der Waals surface area contributed by atoms with Gasteiger partial charge in [-0.15, -0.1) is 0 Å². The fourth-order valence-electron chi connectivity index (χ4n) is 3.21. The van der Waals surface area contributed by atoms with Crippen molar-refractivity contribution in [2.75, 3.05) is 44.8 Å². The molecular weight excluding hydrogens is 424 g/mol. The molecule has 1 aromatic heterocycles. The molecule has 0 unspecified atom stereocenters. The number of nitrogens with one attached hydrogen (secondary N) is 2. The normalized spacial score (nSPS) is 10.8. The van der Waals surface area contributed by atoms with E-state index in [0.29, 0.717) is 51.8 Å². The number of carbonyl (C=O) groups is 2. The third-order valence-corrected chi connectivity index (χ3v) is 4.99. The molecule has 3 amide bonds. The van der Waals surface area contributed by atoms with Gasteiger partial charge in [-0.25, -0.2) is 9.78 Å². The minimum absolute atomic E-state index is 0.139. The quantitative estimate of drug-likeness (QED) is 0.414. The number of aromatic nitrogens is 1. The maximum Gasteiger partial charge on any atom is 0.322 e. The standard InChI is InChI=1S/C24H36N4O5/c1-5-31-14-8-12-25-23(29)20-17-33-21(26-20)16-28(13-9-15-32-6-2)24(30)27-22-18(3)10-7-11-19(22)4/h7,10-11,17H,5-6,8-9,12-16H2,1-4H3,(H,25,29)(H,27,30). The number of ether oxygens (including phenoxy) is 2. The highest BCUT2D eigenvalue weighted by Gasteiger charge is 2.20. The number of oxazole rings is 1. The highest BCUT2D eigenvalue weighted by atomic mass is 16.5. The van der Waals surface area contributed by atoms with E-state index < -0.39 is 0 Å². The fraction of sp³-hybridized carbons (Fsp3) is 0.542. The number of amides is 3. The summed E-state index contributed by atoms with van der Waals surface area (Å²) in [6.07, 6.45) is 2.70. The van der Waals surface area contributed by atoms with Gasteiger partial charge in [0.25, 0.3) is 5.91 Å². The van der Waals surface area contributed by atoms with E-state index in [-0.39, 0.29) is 24.2 Å². The molecular formula is C24H36N4O5. The van der Waals surface area contributed by atoms with Crippen LogP contribution in [0.15, 0.2) is 28.9 Å². The maximum atomic E-state index is 13.1. The first-order valence-corrected chi connectivity index (χ1v) is 11.5. The van der Waals surface area contributed by atoms with Crippen molar-refractivity contribution < 1.29 is 23.5 Å². The van der Waals surface area contributed by atoms with Crippen LogP contribution in [0.2, 0.25) is 0 Å². The van der Waals surface area contributed by atoms with Gasteiger partial charge in [-0.3, -0.25) is 4.79 Å². The van der Waals surface area contributed by atoms with Crippen LogP contribution >= 0.6 is 0 Å². The second kappa shape index (κ2) is 14.3. The zero-order valence-corrected chi connectivity index (χ0v) is 20.1. The van der Waals surface area contributed by atoms with Crippen LogP contribution < -0.4 is 10.6 Å². The summed E-state index contributed by atoms with van der Waals surface area (Å²) >= 11 is 0. The monoisotopic (exact) mass is 460 g/mol. The third-order valence-electron chi connectivity index (χ3n) is 4.99. The van der Waals surface area contributed by atoms with Crippen molar-refractivity contribution >= 4 is 17.6 Å². The fourth-order valence-corrected chi connectivity index (χ4v) is 3.21. The van der Waals surface area contributed by atoms with Gasteiger partial charge in [0.05, 0.1) is 6.54 Å². The molecule has 0 saturated heterocycles. The molecule has 0 bridgehead atoms. The smallest absolute Gasteiger partial charge is 0.322 e. The van der Waals surface area contributed by atoms with E-state index in [9.17, 15) is 9.59 Å². The summed E-state index contributed by atoms with van der Waals surface area (Å²) in [7, 11) is 0. The van der Waals surface area contributed by atoms with Gasteiger partial charge in [0.2, 0.25) is 5.89 Å². The SMILES string of the molecule is CCOCCCNC(=O)c1coc(CN(CCCOCC)C(=O)Nc2c(C)cccc2C)n1. The summed E-state index contributed by atoms with van der Waals surface area (Å²) in [5.41, 5.74) is 2.94. The van der Waals surface area contributed by atoms with Gasteiger partial charge in [0, 0.05) is 45.2 Å². The summed E-state index contributed by atoms with van der Waals surface area (Å²) in [5, 5.41) is 5.79. The lowest BCUT2D eigenvalue weighted by Crippen LogP contribution is -2.36. The average molecular weight is 461 g/mol. The topological polar surface area (TPSA) is 106 Å². The highest BCUT2D eigenvalue weighted by Crippen LogP contribution is 2.20. The van der Waals surface area contributed by atoms with Crippen LogP contribution in [0.1, 0.15) is 54.2 Å². The lowest BCUT2D eigenvalue weighted by atomic mass is 10.1. The van der Waals surface area contributed by atoms with E-state index in [4.69, 9.17) is 13.9 Å². The van der Waals surface area contributed by atoms with Crippen molar-refractivity contribution in [1.82, 2.24) is 15.2 Å². The number of aryl methyl sites for hydroxylation is 2. The Morgan fingerprint density at radius 3 is 2.39 bits per heavy atom. The Kier molecular flexibility index (Phi) is 11.4. The van der Waals surface area contributed by atoms with Gasteiger partial charge in [-0.05, 0) is 51.7 Å². The van der Waals surface area contributed by atoms with E-state index in [1.165, 1.54) is 6.26 Å². The van der Waals surface area contributed by atoms with Crippen molar-refractivity contribution in [3.63, 3.8) is 0 Å². The van der Waals surface area contributed by atoms with E-state index in [0.717, 1.165) is 23.2 Å². The summed E-state index contributed by atoms with van der Waals surface area (Å²) in [6, 6.07) is 5.60. The van der Waals surface area contributed by atoms with Crippen LogP contribution in [0.4, 0.5) is 10.5 Å². The van der Waals surface area contributed by atoms with Crippen molar-refractivity contribution in [3.05, 3.63) is 47.2 Å². The van der Waals surface area contributed by atoms with Gasteiger partial charge in [-0.2, -0.15) is 0 Å². The molecule has 0 aliphatic rings. The van der Waals surface area contributed by atoms with Crippen LogP contribution in [-0.2, 0) is 16.0 Å². The molecule has 182 valence electrons. The van der Waals surface area contributed by atoms with Gasteiger partial charge in [-0.1, -0.05) is 18.2 Å². The predicted octanol–water partition coefficient (Wildman–Crippen LogP) is 3.91. The van der Waals surface area contributed by atoms with Crippen molar-refractivity contribution in [1.29, 1.82) is 0 Å².